The molecule has 0 N–H and O–H groups in total. The Morgan fingerprint density at radius 1 is 1.40 bits per heavy atom. The first-order chi connectivity index (χ1) is 9.65. The van der Waals surface area contributed by atoms with Gasteiger partial charge in [0.1, 0.15) is 5.65 Å². The Kier molecular flexibility index (Phi) is 3.72. The molecule has 0 aliphatic heterocycles. The van der Waals surface area contributed by atoms with Crippen LogP contribution in [-0.2, 0) is 16.6 Å². The first-order valence-corrected chi connectivity index (χ1v) is 8.75. The van der Waals surface area contributed by atoms with E-state index in [9.17, 15) is 4.21 Å². The number of imidazole rings is 1. The van der Waals surface area contributed by atoms with E-state index >= 15 is 0 Å². The molecule has 0 spiro atoms. The molecule has 3 rings (SSSR count). The number of fused-ring (bicyclic) bond motifs is 1. The van der Waals surface area contributed by atoms with Gasteiger partial charge in [0, 0.05) is 28.1 Å². The molecule has 0 saturated heterocycles. The van der Waals surface area contributed by atoms with Crippen molar-refractivity contribution in [2.45, 2.75) is 24.9 Å². The third-order valence-corrected chi connectivity index (χ3v) is 6.18. The molecule has 0 aliphatic carbocycles. The third-order valence-electron chi connectivity index (χ3n) is 3.36. The van der Waals surface area contributed by atoms with E-state index in [0.29, 0.717) is 5.75 Å². The van der Waals surface area contributed by atoms with Gasteiger partial charge in [0.25, 0.3) is 0 Å². The molecule has 0 unspecified atom stereocenters. The fourth-order valence-corrected chi connectivity index (χ4v) is 4.37. The summed E-state index contributed by atoms with van der Waals surface area (Å²) < 4.78 is 14.4. The standard InChI is InChI=1S/C15H16N2OS2/c1-11-5-3-7-17-9-13(16-15(11)17)10-20(18)12(2)14-6-4-8-19-14/h3-9,12H,10H2,1-2H3/t12-,20+/m0/s1. The van der Waals surface area contributed by atoms with E-state index in [1.54, 1.807) is 11.3 Å². The van der Waals surface area contributed by atoms with Crippen molar-refractivity contribution in [1.82, 2.24) is 9.38 Å². The molecule has 3 aromatic heterocycles. The first kappa shape index (κ1) is 13.5. The molecule has 0 saturated carbocycles. The lowest BCUT2D eigenvalue weighted by molar-refractivity contribution is 0.675. The predicted octanol–water partition coefficient (Wildman–Crippen LogP) is 3.71. The molecule has 3 aromatic rings. The van der Waals surface area contributed by atoms with Crippen LogP contribution < -0.4 is 0 Å². The summed E-state index contributed by atoms with van der Waals surface area (Å²) in [5.74, 6) is 0.500. The van der Waals surface area contributed by atoms with Crippen LogP contribution in [0.25, 0.3) is 5.65 Å². The second-order valence-electron chi connectivity index (χ2n) is 4.84. The van der Waals surface area contributed by atoms with Crippen LogP contribution in [0.5, 0.6) is 0 Å². The molecule has 2 atom stereocenters. The van der Waals surface area contributed by atoms with E-state index in [1.807, 2.05) is 60.3 Å². The number of hydrogen-bond donors (Lipinski definition) is 0. The Hall–Kier alpha value is -1.46. The summed E-state index contributed by atoms with van der Waals surface area (Å²) >= 11 is 1.66. The number of nitrogens with zero attached hydrogens (tertiary/aromatic N) is 2. The average Bonchev–Trinajstić information content (AvgIpc) is 3.06. The summed E-state index contributed by atoms with van der Waals surface area (Å²) in [5, 5.41) is 2.08. The zero-order chi connectivity index (χ0) is 14.1. The molecule has 0 aromatic carbocycles. The molecule has 0 fully saturated rings. The van der Waals surface area contributed by atoms with Crippen LogP contribution in [0.1, 0.15) is 28.3 Å². The molecule has 0 aliphatic rings. The molecule has 5 heteroatoms. The van der Waals surface area contributed by atoms with E-state index < -0.39 is 10.8 Å². The molecule has 0 bridgehead atoms. The molecule has 0 radical (unpaired) electrons. The minimum absolute atomic E-state index is 0.0564. The summed E-state index contributed by atoms with van der Waals surface area (Å²) in [4.78, 5) is 5.76. The Labute approximate surface area is 124 Å². The van der Waals surface area contributed by atoms with Crippen LogP contribution in [0.15, 0.2) is 42.0 Å². The fraction of sp³-hybridized carbons (Fsp3) is 0.267. The van der Waals surface area contributed by atoms with Crippen LogP contribution >= 0.6 is 11.3 Å². The summed E-state index contributed by atoms with van der Waals surface area (Å²) in [6.07, 6.45) is 3.95. The van der Waals surface area contributed by atoms with Gasteiger partial charge in [-0.2, -0.15) is 0 Å². The summed E-state index contributed by atoms with van der Waals surface area (Å²) in [6, 6.07) is 8.08. The first-order valence-electron chi connectivity index (χ1n) is 6.49. The number of rotatable bonds is 4. The van der Waals surface area contributed by atoms with E-state index in [2.05, 4.69) is 4.98 Å². The Morgan fingerprint density at radius 3 is 2.95 bits per heavy atom. The molecule has 3 nitrogen and oxygen atoms in total. The van der Waals surface area contributed by atoms with Crippen molar-refractivity contribution in [2.24, 2.45) is 0 Å². The van der Waals surface area contributed by atoms with Gasteiger partial charge in [0.05, 0.1) is 16.7 Å². The highest BCUT2D eigenvalue weighted by Crippen LogP contribution is 2.25. The van der Waals surface area contributed by atoms with Crippen molar-refractivity contribution in [1.29, 1.82) is 0 Å². The van der Waals surface area contributed by atoms with Crippen molar-refractivity contribution in [2.75, 3.05) is 0 Å². The molecule has 3 heterocycles. The Balaban J connectivity index is 1.82. The van der Waals surface area contributed by atoms with Crippen molar-refractivity contribution in [3.05, 3.63) is 58.2 Å². The predicted molar refractivity (Wildman–Crippen MR) is 84.5 cm³/mol. The number of aromatic nitrogens is 2. The van der Waals surface area contributed by atoms with Crippen molar-refractivity contribution < 1.29 is 4.21 Å². The topological polar surface area (TPSA) is 34.4 Å². The smallest absolute Gasteiger partial charge is 0.139 e. The zero-order valence-electron chi connectivity index (χ0n) is 11.4. The maximum Gasteiger partial charge on any atom is 0.139 e. The Bertz CT molecular complexity index is 746. The Morgan fingerprint density at radius 2 is 2.25 bits per heavy atom. The highest BCUT2D eigenvalue weighted by atomic mass is 32.2. The van der Waals surface area contributed by atoms with Gasteiger partial charge in [-0.15, -0.1) is 11.3 Å². The summed E-state index contributed by atoms with van der Waals surface area (Å²) in [6.45, 7) is 4.06. The zero-order valence-corrected chi connectivity index (χ0v) is 13.1. The van der Waals surface area contributed by atoms with Crippen LogP contribution in [0.2, 0.25) is 0 Å². The minimum Gasteiger partial charge on any atom is -0.307 e. The van der Waals surface area contributed by atoms with Gasteiger partial charge < -0.3 is 4.40 Å². The van der Waals surface area contributed by atoms with Gasteiger partial charge in [0.15, 0.2) is 0 Å². The normalized spacial score (nSPS) is 14.5. The SMILES string of the molecule is Cc1cccn2cc(C[S@@](=O)[C@@H](C)c3cccs3)nc12. The second-order valence-corrected chi connectivity index (χ2v) is 7.57. The molecular formula is C15H16N2OS2. The average molecular weight is 304 g/mol. The maximum absolute atomic E-state index is 12.4. The van der Waals surface area contributed by atoms with Crippen LogP contribution in [0.4, 0.5) is 0 Å². The minimum atomic E-state index is -0.944. The molecule has 0 amide bonds. The van der Waals surface area contributed by atoms with Gasteiger partial charge >= 0.3 is 0 Å². The van der Waals surface area contributed by atoms with Gasteiger partial charge in [-0.05, 0) is 36.9 Å². The quantitative estimate of drug-likeness (QED) is 0.736. The maximum atomic E-state index is 12.4. The number of aryl methyl sites for hydroxylation is 1. The lowest BCUT2D eigenvalue weighted by Crippen LogP contribution is -2.04. The largest absolute Gasteiger partial charge is 0.307 e. The van der Waals surface area contributed by atoms with Gasteiger partial charge in [-0.25, -0.2) is 4.98 Å². The lowest BCUT2D eigenvalue weighted by atomic mass is 10.3. The monoisotopic (exact) mass is 304 g/mol. The molecule has 104 valence electrons. The van der Waals surface area contributed by atoms with Gasteiger partial charge in [-0.3, -0.25) is 4.21 Å². The summed E-state index contributed by atoms with van der Waals surface area (Å²) in [5.41, 5.74) is 2.97. The second kappa shape index (κ2) is 5.50. The fourth-order valence-electron chi connectivity index (χ4n) is 2.20. The molecule has 20 heavy (non-hydrogen) atoms. The van der Waals surface area contributed by atoms with Gasteiger partial charge in [0.2, 0.25) is 0 Å². The number of thiophene rings is 1. The number of pyridine rings is 1. The number of hydrogen-bond acceptors (Lipinski definition) is 3. The van der Waals surface area contributed by atoms with Crippen molar-refractivity contribution in [3.63, 3.8) is 0 Å². The van der Waals surface area contributed by atoms with E-state index in [-0.39, 0.29) is 5.25 Å². The van der Waals surface area contributed by atoms with E-state index in [1.165, 1.54) is 4.88 Å². The molecular weight excluding hydrogens is 288 g/mol. The van der Waals surface area contributed by atoms with Gasteiger partial charge in [-0.1, -0.05) is 12.1 Å². The van der Waals surface area contributed by atoms with Crippen molar-refractivity contribution >= 4 is 27.8 Å². The van der Waals surface area contributed by atoms with E-state index in [0.717, 1.165) is 16.9 Å². The van der Waals surface area contributed by atoms with Crippen LogP contribution in [0.3, 0.4) is 0 Å². The highest BCUT2D eigenvalue weighted by molar-refractivity contribution is 7.84. The van der Waals surface area contributed by atoms with Crippen LogP contribution in [-0.4, -0.2) is 13.6 Å². The van der Waals surface area contributed by atoms with E-state index in [4.69, 9.17) is 0 Å². The lowest BCUT2D eigenvalue weighted by Gasteiger charge is -2.07. The highest BCUT2D eigenvalue weighted by Gasteiger charge is 2.16. The third kappa shape index (κ3) is 2.55. The van der Waals surface area contributed by atoms with Crippen molar-refractivity contribution in [3.8, 4) is 0 Å². The van der Waals surface area contributed by atoms with Crippen LogP contribution in [0, 0.1) is 6.92 Å². The summed E-state index contributed by atoms with van der Waals surface area (Å²) in [7, 11) is -0.944.